The van der Waals surface area contributed by atoms with Gasteiger partial charge in [0, 0.05) is 6.08 Å². The molecule has 0 aromatic heterocycles. The normalized spacial score (nSPS) is 22.2. The van der Waals surface area contributed by atoms with Gasteiger partial charge < -0.3 is 15.4 Å². The zero-order valence-electron chi connectivity index (χ0n) is 10.7. The predicted octanol–water partition coefficient (Wildman–Crippen LogP) is 0.793. The molecule has 18 heavy (non-hydrogen) atoms. The van der Waals surface area contributed by atoms with Crippen molar-refractivity contribution >= 4 is 11.8 Å². The number of carbonyl (C=O) groups excluding carboxylic acids is 2. The van der Waals surface area contributed by atoms with Crippen LogP contribution in [-0.2, 0) is 14.3 Å². The van der Waals surface area contributed by atoms with Crippen molar-refractivity contribution in [2.45, 2.75) is 38.1 Å². The van der Waals surface area contributed by atoms with Crippen LogP contribution in [0.3, 0.4) is 0 Å². The third kappa shape index (κ3) is 2.66. The first-order valence-corrected chi connectivity index (χ1v) is 6.46. The van der Waals surface area contributed by atoms with E-state index in [0.29, 0.717) is 24.6 Å². The molecule has 100 valence electrons. The van der Waals surface area contributed by atoms with E-state index >= 15 is 0 Å². The molecule has 0 saturated heterocycles. The van der Waals surface area contributed by atoms with Gasteiger partial charge in [-0.1, -0.05) is 25.7 Å². The summed E-state index contributed by atoms with van der Waals surface area (Å²) in [5, 5.41) is 0. The predicted molar refractivity (Wildman–Crippen MR) is 66.4 cm³/mol. The number of nitrogens with zero attached hydrogens (tertiary/aromatic N) is 1. The summed E-state index contributed by atoms with van der Waals surface area (Å²) in [4.78, 5) is 24.9. The first-order valence-electron chi connectivity index (χ1n) is 6.46. The summed E-state index contributed by atoms with van der Waals surface area (Å²) >= 11 is 0. The molecule has 1 aliphatic heterocycles. The number of hydrogen-bond donors (Lipinski definition) is 1. The van der Waals surface area contributed by atoms with Crippen molar-refractivity contribution in [3.8, 4) is 0 Å². The van der Waals surface area contributed by atoms with Gasteiger partial charge in [-0.05, 0) is 12.3 Å². The number of amides is 2. The molecule has 2 aliphatic rings. The number of primary amides is 1. The molecule has 0 unspecified atom stereocenters. The van der Waals surface area contributed by atoms with Crippen LogP contribution in [0.15, 0.2) is 11.8 Å². The smallest absolute Gasteiger partial charge is 0.251 e. The molecular formula is C13H20N2O3. The molecule has 5 nitrogen and oxygen atoms in total. The third-order valence-electron chi connectivity index (χ3n) is 3.89. The molecule has 1 saturated carbocycles. The molecule has 2 amide bonds. The molecule has 2 N–H and O–H groups in total. The van der Waals surface area contributed by atoms with Gasteiger partial charge in [-0.15, -0.1) is 0 Å². The second kappa shape index (κ2) is 5.42. The van der Waals surface area contributed by atoms with Gasteiger partial charge in [0.25, 0.3) is 5.91 Å². The molecule has 0 spiro atoms. The van der Waals surface area contributed by atoms with E-state index in [1.807, 2.05) is 0 Å². The Morgan fingerprint density at radius 3 is 2.72 bits per heavy atom. The van der Waals surface area contributed by atoms with E-state index in [1.165, 1.54) is 30.9 Å². The SMILES string of the molecule is COC1=CC(=O)N([C@@H](CC2CCCC2)C(N)=O)C1. The van der Waals surface area contributed by atoms with Crippen LogP contribution in [0.25, 0.3) is 0 Å². The Labute approximate surface area is 107 Å². The van der Waals surface area contributed by atoms with Crippen molar-refractivity contribution in [3.05, 3.63) is 11.8 Å². The van der Waals surface area contributed by atoms with Crippen LogP contribution < -0.4 is 5.73 Å². The summed E-state index contributed by atoms with van der Waals surface area (Å²) in [6.07, 6.45) is 6.82. The van der Waals surface area contributed by atoms with E-state index in [1.54, 1.807) is 0 Å². The molecule has 2 rings (SSSR count). The standard InChI is InChI=1S/C13H20N2O3/c1-18-10-7-12(16)15(8-10)11(13(14)17)6-9-4-2-3-5-9/h7,9,11H,2-6,8H2,1H3,(H2,14,17)/t11-/m0/s1. The fraction of sp³-hybridized carbons (Fsp3) is 0.692. The minimum Gasteiger partial charge on any atom is -0.499 e. The van der Waals surface area contributed by atoms with Crippen molar-refractivity contribution in [1.82, 2.24) is 4.90 Å². The summed E-state index contributed by atoms with van der Waals surface area (Å²) in [5.74, 6) is 0.522. The molecule has 5 heteroatoms. The average Bonchev–Trinajstić information content (AvgIpc) is 2.95. The highest BCUT2D eigenvalue weighted by molar-refractivity contribution is 5.95. The summed E-state index contributed by atoms with van der Waals surface area (Å²) in [5.41, 5.74) is 5.45. The fourth-order valence-corrected chi connectivity index (χ4v) is 2.86. The number of methoxy groups -OCH3 is 1. The van der Waals surface area contributed by atoms with Gasteiger partial charge in [0.15, 0.2) is 0 Å². The molecule has 1 aliphatic carbocycles. The molecule has 1 fully saturated rings. The Balaban J connectivity index is 2.02. The van der Waals surface area contributed by atoms with Crippen LogP contribution in [0.1, 0.15) is 32.1 Å². The van der Waals surface area contributed by atoms with Crippen molar-refractivity contribution in [2.24, 2.45) is 11.7 Å². The topological polar surface area (TPSA) is 72.6 Å². The lowest BCUT2D eigenvalue weighted by Gasteiger charge is -2.27. The Kier molecular flexibility index (Phi) is 3.89. The molecule has 1 atom stereocenters. The third-order valence-corrected chi connectivity index (χ3v) is 3.89. The maximum absolute atomic E-state index is 11.8. The van der Waals surface area contributed by atoms with E-state index in [0.717, 1.165) is 12.8 Å². The van der Waals surface area contributed by atoms with Crippen LogP contribution in [0, 0.1) is 5.92 Å². The highest BCUT2D eigenvalue weighted by Crippen LogP contribution is 2.30. The molecule has 0 radical (unpaired) electrons. The van der Waals surface area contributed by atoms with Crippen molar-refractivity contribution in [2.75, 3.05) is 13.7 Å². The van der Waals surface area contributed by atoms with Crippen LogP contribution in [0.5, 0.6) is 0 Å². The fourth-order valence-electron chi connectivity index (χ4n) is 2.86. The van der Waals surface area contributed by atoms with Gasteiger partial charge in [0.05, 0.1) is 13.7 Å². The molecule has 0 bridgehead atoms. The highest BCUT2D eigenvalue weighted by atomic mass is 16.5. The summed E-state index contributed by atoms with van der Waals surface area (Å²) in [6.45, 7) is 0.357. The maximum atomic E-state index is 11.8. The number of hydrogen-bond acceptors (Lipinski definition) is 3. The van der Waals surface area contributed by atoms with Crippen molar-refractivity contribution < 1.29 is 14.3 Å². The Bertz CT molecular complexity index is 372. The van der Waals surface area contributed by atoms with Gasteiger partial charge in [0.1, 0.15) is 11.8 Å². The molecule has 1 heterocycles. The second-order valence-electron chi connectivity index (χ2n) is 5.09. The lowest BCUT2D eigenvalue weighted by Crippen LogP contribution is -2.46. The average molecular weight is 252 g/mol. The summed E-state index contributed by atoms with van der Waals surface area (Å²) < 4.78 is 5.06. The van der Waals surface area contributed by atoms with Crippen LogP contribution in [0.4, 0.5) is 0 Å². The van der Waals surface area contributed by atoms with Crippen molar-refractivity contribution in [3.63, 3.8) is 0 Å². The first kappa shape index (κ1) is 12.9. The molecule has 0 aromatic rings. The van der Waals surface area contributed by atoms with Gasteiger partial charge in [-0.2, -0.15) is 0 Å². The van der Waals surface area contributed by atoms with Crippen LogP contribution in [-0.4, -0.2) is 36.4 Å². The van der Waals surface area contributed by atoms with E-state index in [9.17, 15) is 9.59 Å². The maximum Gasteiger partial charge on any atom is 0.251 e. The van der Waals surface area contributed by atoms with E-state index in [2.05, 4.69) is 0 Å². The minimum absolute atomic E-state index is 0.173. The highest BCUT2D eigenvalue weighted by Gasteiger charge is 2.34. The number of nitrogens with two attached hydrogens (primary N) is 1. The Morgan fingerprint density at radius 2 is 2.22 bits per heavy atom. The second-order valence-corrected chi connectivity index (χ2v) is 5.09. The van der Waals surface area contributed by atoms with Crippen LogP contribution >= 0.6 is 0 Å². The van der Waals surface area contributed by atoms with E-state index in [-0.39, 0.29) is 5.91 Å². The van der Waals surface area contributed by atoms with Crippen LogP contribution in [0.2, 0.25) is 0 Å². The minimum atomic E-state index is -0.496. The lowest BCUT2D eigenvalue weighted by atomic mass is 9.97. The summed E-state index contributed by atoms with van der Waals surface area (Å²) in [6, 6.07) is -0.496. The quantitative estimate of drug-likeness (QED) is 0.786. The van der Waals surface area contributed by atoms with Gasteiger partial charge in [0.2, 0.25) is 5.91 Å². The van der Waals surface area contributed by atoms with Gasteiger partial charge in [-0.25, -0.2) is 0 Å². The van der Waals surface area contributed by atoms with Crippen molar-refractivity contribution in [1.29, 1.82) is 0 Å². The zero-order chi connectivity index (χ0) is 13.1. The zero-order valence-corrected chi connectivity index (χ0v) is 10.7. The monoisotopic (exact) mass is 252 g/mol. The van der Waals surface area contributed by atoms with Gasteiger partial charge in [-0.3, -0.25) is 9.59 Å². The van der Waals surface area contributed by atoms with Gasteiger partial charge >= 0.3 is 0 Å². The largest absolute Gasteiger partial charge is 0.499 e. The van der Waals surface area contributed by atoms with E-state index < -0.39 is 11.9 Å². The number of rotatable bonds is 5. The first-order chi connectivity index (χ1) is 8.61. The van der Waals surface area contributed by atoms with E-state index in [4.69, 9.17) is 10.5 Å². The number of ether oxygens (including phenoxy) is 1. The Morgan fingerprint density at radius 1 is 1.56 bits per heavy atom. The lowest BCUT2D eigenvalue weighted by molar-refractivity contribution is -0.134. The Hall–Kier alpha value is -1.52. The molecular weight excluding hydrogens is 232 g/mol. The number of carbonyl (C=O) groups is 2. The molecule has 0 aromatic carbocycles. The summed E-state index contributed by atoms with van der Waals surface area (Å²) in [7, 11) is 1.53.